The summed E-state index contributed by atoms with van der Waals surface area (Å²) in [5.74, 6) is 0.377. The smallest absolute Gasteiger partial charge is 0.0922 e. The van der Waals surface area contributed by atoms with Gasteiger partial charge in [0.05, 0.1) is 5.60 Å². The Labute approximate surface area is 94.1 Å². The van der Waals surface area contributed by atoms with Crippen molar-refractivity contribution in [2.24, 2.45) is 5.92 Å². The molecule has 0 spiro atoms. The summed E-state index contributed by atoms with van der Waals surface area (Å²) >= 11 is 0. The lowest BCUT2D eigenvalue weighted by Crippen LogP contribution is -2.65. The zero-order valence-corrected chi connectivity index (χ0v) is 10.7. The number of hydrogen-bond donors (Lipinski definition) is 1. The van der Waals surface area contributed by atoms with Crippen LogP contribution in [0.25, 0.3) is 0 Å². The van der Waals surface area contributed by atoms with Gasteiger partial charge < -0.3 is 10.0 Å². The van der Waals surface area contributed by atoms with Gasteiger partial charge >= 0.3 is 0 Å². The molecule has 1 saturated heterocycles. The minimum atomic E-state index is -0.413. The van der Waals surface area contributed by atoms with Gasteiger partial charge in [0.15, 0.2) is 0 Å². The Morgan fingerprint density at radius 1 is 1.27 bits per heavy atom. The number of hydrogen-bond acceptors (Lipinski definition) is 3. The van der Waals surface area contributed by atoms with Crippen LogP contribution >= 0.6 is 0 Å². The van der Waals surface area contributed by atoms with Crippen molar-refractivity contribution in [1.29, 1.82) is 0 Å². The maximum Gasteiger partial charge on any atom is 0.0922 e. The van der Waals surface area contributed by atoms with Crippen molar-refractivity contribution in [1.82, 2.24) is 9.80 Å². The van der Waals surface area contributed by atoms with E-state index < -0.39 is 5.60 Å². The minimum Gasteiger partial charge on any atom is -0.387 e. The van der Waals surface area contributed by atoms with Crippen LogP contribution in [0.15, 0.2) is 0 Å². The normalized spacial score (nSPS) is 21.0. The van der Waals surface area contributed by atoms with Crippen molar-refractivity contribution in [2.45, 2.75) is 33.3 Å². The molecule has 1 heterocycles. The van der Waals surface area contributed by atoms with Crippen molar-refractivity contribution < 1.29 is 5.11 Å². The second-order valence-electron chi connectivity index (χ2n) is 5.00. The van der Waals surface area contributed by atoms with Gasteiger partial charge in [-0.25, -0.2) is 0 Å². The van der Waals surface area contributed by atoms with Crippen molar-refractivity contribution in [3.8, 4) is 0 Å². The molecule has 0 radical (unpaired) electrons. The van der Waals surface area contributed by atoms with Crippen LogP contribution in [-0.4, -0.2) is 59.8 Å². The van der Waals surface area contributed by atoms with E-state index in [0.717, 1.165) is 39.3 Å². The van der Waals surface area contributed by atoms with E-state index in [0.29, 0.717) is 5.92 Å². The molecule has 0 saturated carbocycles. The molecular formula is C12H26N2O. The molecule has 1 fully saturated rings. The fraction of sp³-hybridized carbons (Fsp3) is 1.00. The molecular weight excluding hydrogens is 188 g/mol. The topological polar surface area (TPSA) is 26.7 Å². The summed E-state index contributed by atoms with van der Waals surface area (Å²) in [7, 11) is 0. The molecule has 90 valence electrons. The Balaban J connectivity index is 2.17. The lowest BCUT2D eigenvalue weighted by atomic mass is 9.83. The molecule has 1 aliphatic rings. The molecule has 0 aromatic rings. The summed E-state index contributed by atoms with van der Waals surface area (Å²) in [6, 6.07) is 0. The highest BCUT2D eigenvalue weighted by Gasteiger charge is 2.43. The summed E-state index contributed by atoms with van der Waals surface area (Å²) in [5, 5.41) is 10.1. The monoisotopic (exact) mass is 214 g/mol. The van der Waals surface area contributed by atoms with E-state index >= 15 is 0 Å². The first-order valence-electron chi connectivity index (χ1n) is 6.19. The molecule has 0 amide bonds. The Morgan fingerprint density at radius 3 is 2.20 bits per heavy atom. The number of likely N-dealkylation sites (tertiary alicyclic amines) is 1. The highest BCUT2D eigenvalue weighted by Crippen LogP contribution is 2.27. The van der Waals surface area contributed by atoms with Gasteiger partial charge in [0, 0.05) is 26.2 Å². The average molecular weight is 214 g/mol. The molecule has 1 aliphatic heterocycles. The lowest BCUT2D eigenvalue weighted by molar-refractivity contribution is -0.128. The standard InChI is InChI=1S/C12H26N2O/c1-5-13(6-2)7-8-14-9-12(15,10-14)11(3)4/h11,15H,5-10H2,1-4H3. The first kappa shape index (κ1) is 12.9. The highest BCUT2D eigenvalue weighted by molar-refractivity contribution is 4.97. The predicted octanol–water partition coefficient (Wildman–Crippen LogP) is 1.03. The van der Waals surface area contributed by atoms with E-state index in [1.54, 1.807) is 0 Å². The number of likely N-dealkylation sites (N-methyl/N-ethyl adjacent to an activating group) is 1. The van der Waals surface area contributed by atoms with Crippen LogP contribution in [0, 0.1) is 5.92 Å². The maximum absolute atomic E-state index is 10.1. The summed E-state index contributed by atoms with van der Waals surface area (Å²) in [4.78, 5) is 4.77. The lowest BCUT2D eigenvalue weighted by Gasteiger charge is -2.49. The molecule has 0 unspecified atom stereocenters. The molecule has 15 heavy (non-hydrogen) atoms. The first-order valence-corrected chi connectivity index (χ1v) is 6.19. The van der Waals surface area contributed by atoms with Gasteiger partial charge in [-0.05, 0) is 19.0 Å². The average Bonchev–Trinajstić information content (AvgIpc) is 2.15. The van der Waals surface area contributed by atoms with E-state index in [4.69, 9.17) is 0 Å². The highest BCUT2D eigenvalue weighted by atomic mass is 16.3. The zero-order chi connectivity index (χ0) is 11.5. The molecule has 0 bridgehead atoms. The van der Waals surface area contributed by atoms with E-state index in [1.165, 1.54) is 0 Å². The van der Waals surface area contributed by atoms with Gasteiger partial charge in [-0.2, -0.15) is 0 Å². The van der Waals surface area contributed by atoms with E-state index in [2.05, 4.69) is 37.5 Å². The molecule has 1 rings (SSSR count). The Kier molecular flexibility index (Phi) is 4.56. The van der Waals surface area contributed by atoms with Crippen LogP contribution in [0.2, 0.25) is 0 Å². The van der Waals surface area contributed by atoms with Crippen molar-refractivity contribution in [2.75, 3.05) is 39.3 Å². The van der Waals surface area contributed by atoms with E-state index in [1.807, 2.05) is 0 Å². The van der Waals surface area contributed by atoms with E-state index in [-0.39, 0.29) is 0 Å². The number of β-amino-alcohol motifs (C(OH)–C–C–N with tert-alkyl or cyclic N) is 1. The fourth-order valence-corrected chi connectivity index (χ4v) is 2.07. The Bertz CT molecular complexity index is 184. The Hall–Kier alpha value is -0.120. The van der Waals surface area contributed by atoms with Gasteiger partial charge in [0.1, 0.15) is 0 Å². The summed E-state index contributed by atoms with van der Waals surface area (Å²) < 4.78 is 0. The van der Waals surface area contributed by atoms with Crippen LogP contribution in [0.3, 0.4) is 0 Å². The number of nitrogens with zero attached hydrogens (tertiary/aromatic N) is 2. The maximum atomic E-state index is 10.1. The third kappa shape index (κ3) is 3.16. The SMILES string of the molecule is CCN(CC)CCN1CC(O)(C(C)C)C1. The summed E-state index contributed by atoms with van der Waals surface area (Å²) in [6.07, 6.45) is 0. The van der Waals surface area contributed by atoms with Gasteiger partial charge in [-0.1, -0.05) is 27.7 Å². The molecule has 1 N–H and O–H groups in total. The quantitative estimate of drug-likeness (QED) is 0.715. The van der Waals surface area contributed by atoms with Crippen molar-refractivity contribution >= 4 is 0 Å². The zero-order valence-electron chi connectivity index (χ0n) is 10.7. The predicted molar refractivity (Wildman–Crippen MR) is 64.0 cm³/mol. The summed E-state index contributed by atoms with van der Waals surface area (Å²) in [5.41, 5.74) is -0.413. The van der Waals surface area contributed by atoms with E-state index in [9.17, 15) is 5.11 Å². The Morgan fingerprint density at radius 2 is 1.80 bits per heavy atom. The largest absolute Gasteiger partial charge is 0.387 e. The van der Waals surface area contributed by atoms with Crippen LogP contribution < -0.4 is 0 Å². The molecule has 3 nitrogen and oxygen atoms in total. The van der Waals surface area contributed by atoms with Crippen LogP contribution in [0.1, 0.15) is 27.7 Å². The number of aliphatic hydroxyl groups is 1. The van der Waals surface area contributed by atoms with Gasteiger partial charge in [-0.3, -0.25) is 4.90 Å². The van der Waals surface area contributed by atoms with Crippen LogP contribution in [0.4, 0.5) is 0 Å². The van der Waals surface area contributed by atoms with Gasteiger partial charge in [-0.15, -0.1) is 0 Å². The molecule has 0 aromatic carbocycles. The molecule has 0 aliphatic carbocycles. The summed E-state index contributed by atoms with van der Waals surface area (Å²) in [6.45, 7) is 14.8. The third-order valence-electron chi connectivity index (χ3n) is 3.70. The second kappa shape index (κ2) is 5.28. The van der Waals surface area contributed by atoms with Crippen LogP contribution in [-0.2, 0) is 0 Å². The number of rotatable bonds is 6. The molecule has 0 atom stereocenters. The minimum absolute atomic E-state index is 0.377. The second-order valence-corrected chi connectivity index (χ2v) is 5.00. The third-order valence-corrected chi connectivity index (χ3v) is 3.70. The van der Waals surface area contributed by atoms with Gasteiger partial charge in [0.2, 0.25) is 0 Å². The van der Waals surface area contributed by atoms with Crippen LogP contribution in [0.5, 0.6) is 0 Å². The first-order chi connectivity index (χ1) is 7.01. The molecule has 0 aromatic heterocycles. The fourth-order valence-electron chi connectivity index (χ4n) is 2.07. The van der Waals surface area contributed by atoms with Crippen molar-refractivity contribution in [3.63, 3.8) is 0 Å². The molecule has 3 heteroatoms. The van der Waals surface area contributed by atoms with Crippen molar-refractivity contribution in [3.05, 3.63) is 0 Å². The van der Waals surface area contributed by atoms with Gasteiger partial charge in [0.25, 0.3) is 0 Å².